The molecule has 0 fully saturated rings. The van der Waals surface area contributed by atoms with Gasteiger partial charge in [0.05, 0.1) is 17.6 Å². The van der Waals surface area contributed by atoms with Gasteiger partial charge in [-0.25, -0.2) is 9.97 Å². The average molecular weight is 322 g/mol. The predicted octanol–water partition coefficient (Wildman–Crippen LogP) is 3.61. The molecule has 120 valence electrons. The van der Waals surface area contributed by atoms with Gasteiger partial charge in [0.2, 0.25) is 0 Å². The molecule has 0 aliphatic heterocycles. The second kappa shape index (κ2) is 8.06. The lowest BCUT2D eigenvalue weighted by Gasteiger charge is -2.18. The fraction of sp³-hybridized carbons (Fsp3) is 0.438. The van der Waals surface area contributed by atoms with Crippen molar-refractivity contribution in [2.24, 2.45) is 5.73 Å². The molecular formula is C16H24ClN5. The van der Waals surface area contributed by atoms with E-state index in [4.69, 9.17) is 23.1 Å². The van der Waals surface area contributed by atoms with Crippen LogP contribution in [0.5, 0.6) is 0 Å². The van der Waals surface area contributed by atoms with Crippen molar-refractivity contribution in [2.75, 3.05) is 5.73 Å². The van der Waals surface area contributed by atoms with Crippen molar-refractivity contribution in [3.63, 3.8) is 0 Å². The molecule has 0 bridgehead atoms. The van der Waals surface area contributed by atoms with Crippen molar-refractivity contribution in [1.29, 1.82) is 0 Å². The van der Waals surface area contributed by atoms with E-state index in [1.165, 1.54) is 6.20 Å². The summed E-state index contributed by atoms with van der Waals surface area (Å²) in [6.07, 6.45) is 5.33. The number of pyridine rings is 1. The fourth-order valence-corrected chi connectivity index (χ4v) is 1.66. The molecule has 0 amide bonds. The van der Waals surface area contributed by atoms with Crippen LogP contribution in [0.3, 0.4) is 0 Å². The van der Waals surface area contributed by atoms with Crippen LogP contribution < -0.4 is 11.5 Å². The van der Waals surface area contributed by atoms with Crippen LogP contribution in [0.15, 0.2) is 24.5 Å². The first kappa shape index (κ1) is 18.3. The molecule has 5 nitrogen and oxygen atoms in total. The Morgan fingerprint density at radius 1 is 1.14 bits per heavy atom. The summed E-state index contributed by atoms with van der Waals surface area (Å²) < 4.78 is 0. The topological polar surface area (TPSA) is 90.7 Å². The van der Waals surface area contributed by atoms with Gasteiger partial charge in [0.1, 0.15) is 11.0 Å². The van der Waals surface area contributed by atoms with Crippen LogP contribution in [-0.4, -0.2) is 20.5 Å². The lowest BCUT2D eigenvalue weighted by Crippen LogP contribution is -2.33. The van der Waals surface area contributed by atoms with E-state index < -0.39 is 0 Å². The molecule has 0 spiro atoms. The third-order valence-corrected chi connectivity index (χ3v) is 3.81. The largest absolute Gasteiger partial charge is 0.382 e. The Bertz CT molecular complexity index is 590. The van der Waals surface area contributed by atoms with E-state index in [-0.39, 0.29) is 5.54 Å². The van der Waals surface area contributed by atoms with Crippen LogP contribution in [0, 0.1) is 6.92 Å². The van der Waals surface area contributed by atoms with Gasteiger partial charge < -0.3 is 11.5 Å². The zero-order valence-electron chi connectivity index (χ0n) is 13.6. The molecule has 0 saturated heterocycles. The second-order valence-corrected chi connectivity index (χ2v) is 5.85. The van der Waals surface area contributed by atoms with Crippen molar-refractivity contribution in [3.8, 4) is 11.3 Å². The maximum Gasteiger partial charge on any atom is 0.142 e. The molecule has 0 aliphatic carbocycles. The molecule has 0 unspecified atom stereocenters. The number of nitrogens with zero attached hydrogens (tertiary/aromatic N) is 3. The summed E-state index contributed by atoms with van der Waals surface area (Å²) in [6, 6.07) is 3.57. The molecule has 0 atom stereocenters. The normalized spacial score (nSPS) is 10.8. The molecule has 2 aromatic rings. The summed E-state index contributed by atoms with van der Waals surface area (Å²) in [5.74, 6) is 0.415. The quantitative estimate of drug-likeness (QED) is 0.843. The van der Waals surface area contributed by atoms with Crippen LogP contribution >= 0.6 is 11.6 Å². The van der Waals surface area contributed by atoms with Gasteiger partial charge in [-0.3, -0.25) is 4.98 Å². The van der Waals surface area contributed by atoms with Crippen molar-refractivity contribution in [2.45, 2.75) is 46.1 Å². The smallest absolute Gasteiger partial charge is 0.142 e. The van der Waals surface area contributed by atoms with Crippen LogP contribution in [0.1, 0.15) is 39.3 Å². The van der Waals surface area contributed by atoms with E-state index >= 15 is 0 Å². The maximum absolute atomic E-state index is 5.72. The Kier molecular flexibility index (Phi) is 6.71. The molecule has 0 saturated carbocycles. The summed E-state index contributed by atoms with van der Waals surface area (Å²) >= 11 is 5.70. The number of hydrogen-bond donors (Lipinski definition) is 2. The van der Waals surface area contributed by atoms with E-state index in [9.17, 15) is 0 Å². The molecule has 0 aliphatic rings. The van der Waals surface area contributed by atoms with Crippen molar-refractivity contribution < 1.29 is 0 Å². The Labute approximate surface area is 137 Å². The van der Waals surface area contributed by atoms with Gasteiger partial charge in [0.15, 0.2) is 0 Å². The number of halogens is 1. The molecule has 2 aromatic heterocycles. The minimum absolute atomic E-state index is 0.0833. The van der Waals surface area contributed by atoms with Crippen LogP contribution in [0.25, 0.3) is 11.3 Å². The van der Waals surface area contributed by atoms with Crippen molar-refractivity contribution in [1.82, 2.24) is 15.0 Å². The molecule has 6 heteroatoms. The van der Waals surface area contributed by atoms with E-state index in [2.05, 4.69) is 35.7 Å². The lowest BCUT2D eigenvalue weighted by molar-refractivity contribution is 0.437. The average Bonchev–Trinajstić information content (AvgIpc) is 2.49. The summed E-state index contributed by atoms with van der Waals surface area (Å²) in [5, 5.41) is 0.458. The third kappa shape index (κ3) is 5.58. The van der Waals surface area contributed by atoms with Gasteiger partial charge in [-0.1, -0.05) is 25.4 Å². The van der Waals surface area contributed by atoms with E-state index in [0.29, 0.717) is 11.0 Å². The summed E-state index contributed by atoms with van der Waals surface area (Å²) in [6.45, 7) is 8.16. The van der Waals surface area contributed by atoms with Crippen molar-refractivity contribution >= 4 is 17.4 Å². The van der Waals surface area contributed by atoms with E-state index in [1.54, 1.807) is 12.3 Å². The number of anilines is 1. The predicted molar refractivity (Wildman–Crippen MR) is 92.6 cm³/mol. The zero-order valence-corrected chi connectivity index (χ0v) is 14.4. The standard InChI is InChI=1S/C10H9ClN4.C6H15N/c1-6-10(14-5-9(12)15-6)7-2-3-8(11)13-4-7;1-4-6(3,7)5-2/h2-5H,1H3,(H2,12,15);4-5,7H2,1-3H3. The molecule has 0 aromatic carbocycles. The number of rotatable bonds is 3. The molecule has 0 radical (unpaired) electrons. The fourth-order valence-electron chi connectivity index (χ4n) is 1.55. The van der Waals surface area contributed by atoms with Gasteiger partial charge in [-0.15, -0.1) is 0 Å². The molecular weight excluding hydrogens is 298 g/mol. The van der Waals surface area contributed by atoms with E-state index in [1.807, 2.05) is 13.0 Å². The highest BCUT2D eigenvalue weighted by atomic mass is 35.5. The second-order valence-electron chi connectivity index (χ2n) is 5.46. The highest BCUT2D eigenvalue weighted by Gasteiger charge is 2.10. The van der Waals surface area contributed by atoms with Gasteiger partial charge in [-0.05, 0) is 38.8 Å². The summed E-state index contributed by atoms with van der Waals surface area (Å²) in [4.78, 5) is 12.3. The first-order valence-corrected chi connectivity index (χ1v) is 7.66. The zero-order chi connectivity index (χ0) is 16.8. The first-order valence-electron chi connectivity index (χ1n) is 7.29. The Balaban J connectivity index is 0.000000295. The maximum atomic E-state index is 5.72. The minimum Gasteiger partial charge on any atom is -0.382 e. The van der Waals surface area contributed by atoms with E-state index in [0.717, 1.165) is 29.8 Å². The lowest BCUT2D eigenvalue weighted by atomic mass is 9.98. The molecule has 2 heterocycles. The van der Waals surface area contributed by atoms with Gasteiger partial charge in [-0.2, -0.15) is 0 Å². The highest BCUT2D eigenvalue weighted by Crippen LogP contribution is 2.20. The van der Waals surface area contributed by atoms with Crippen molar-refractivity contribution in [3.05, 3.63) is 35.4 Å². The minimum atomic E-state index is 0.0833. The summed E-state index contributed by atoms with van der Waals surface area (Å²) in [7, 11) is 0. The van der Waals surface area contributed by atoms with Crippen LogP contribution in [0.4, 0.5) is 5.82 Å². The SMILES string of the molecule is CCC(C)(N)CC.Cc1nc(N)cnc1-c1ccc(Cl)nc1. The van der Waals surface area contributed by atoms with Crippen LogP contribution in [-0.2, 0) is 0 Å². The number of nitrogen functional groups attached to an aromatic ring is 1. The summed E-state index contributed by atoms with van der Waals surface area (Å²) in [5.41, 5.74) is 13.7. The Morgan fingerprint density at radius 3 is 2.18 bits per heavy atom. The number of aromatic nitrogens is 3. The Morgan fingerprint density at radius 2 is 1.77 bits per heavy atom. The number of aryl methyl sites for hydroxylation is 1. The van der Waals surface area contributed by atoms with Gasteiger partial charge in [0, 0.05) is 17.3 Å². The van der Waals surface area contributed by atoms with Gasteiger partial charge in [0.25, 0.3) is 0 Å². The molecule has 22 heavy (non-hydrogen) atoms. The first-order chi connectivity index (χ1) is 10.3. The third-order valence-electron chi connectivity index (χ3n) is 3.58. The number of nitrogens with two attached hydrogens (primary N) is 2. The molecule has 4 N–H and O–H groups in total. The highest BCUT2D eigenvalue weighted by molar-refractivity contribution is 6.29. The molecule has 2 rings (SSSR count). The number of hydrogen-bond acceptors (Lipinski definition) is 5. The van der Waals surface area contributed by atoms with Crippen LogP contribution in [0.2, 0.25) is 5.15 Å². The monoisotopic (exact) mass is 321 g/mol. The Hall–Kier alpha value is -1.72. The van der Waals surface area contributed by atoms with Gasteiger partial charge >= 0.3 is 0 Å².